The zero-order valence-corrected chi connectivity index (χ0v) is 11.5. The fourth-order valence-corrected chi connectivity index (χ4v) is 1.80. The summed E-state index contributed by atoms with van der Waals surface area (Å²) >= 11 is 0. The Kier molecular flexibility index (Phi) is 3.74. The monoisotopic (exact) mass is 275 g/mol. The molecule has 0 fully saturated rings. The van der Waals surface area contributed by atoms with Gasteiger partial charge in [-0.1, -0.05) is 6.07 Å². The van der Waals surface area contributed by atoms with Crippen molar-refractivity contribution in [2.24, 2.45) is 5.41 Å². The van der Waals surface area contributed by atoms with Gasteiger partial charge in [-0.15, -0.1) is 0 Å². The van der Waals surface area contributed by atoms with Crippen LogP contribution in [0, 0.1) is 5.41 Å². The molecule has 0 atom stereocenters. The molecule has 1 amide bonds. The Morgan fingerprint density at radius 3 is 2.85 bits per heavy atom. The molecule has 2 heterocycles. The summed E-state index contributed by atoms with van der Waals surface area (Å²) < 4.78 is 1.62. The molecule has 0 saturated carbocycles. The standard InChI is InChI=1S/C14H17N3O3/c1-14(2,13(19)20)6-7-15-12(18)10-9-16-17-8-4-3-5-11(10)17/h3-5,8-9H,6-7H2,1-2H3,(H,15,18)(H,19,20). The summed E-state index contributed by atoms with van der Waals surface area (Å²) in [4.78, 5) is 23.0. The lowest BCUT2D eigenvalue weighted by Crippen LogP contribution is -2.31. The summed E-state index contributed by atoms with van der Waals surface area (Å²) in [5.74, 6) is -1.12. The minimum Gasteiger partial charge on any atom is -0.481 e. The van der Waals surface area contributed by atoms with Crippen molar-refractivity contribution in [2.75, 3.05) is 6.54 Å². The number of aromatic nitrogens is 2. The van der Waals surface area contributed by atoms with Crippen LogP contribution in [-0.4, -0.2) is 33.1 Å². The number of carbonyl (C=O) groups excluding carboxylic acids is 1. The molecule has 0 bridgehead atoms. The lowest BCUT2D eigenvalue weighted by Gasteiger charge is -2.18. The molecule has 0 aliphatic carbocycles. The molecule has 2 aromatic heterocycles. The van der Waals surface area contributed by atoms with Crippen LogP contribution in [0.25, 0.3) is 5.52 Å². The average Bonchev–Trinajstić information content (AvgIpc) is 2.82. The van der Waals surface area contributed by atoms with Gasteiger partial charge in [0.2, 0.25) is 0 Å². The molecule has 0 aliphatic rings. The Bertz CT molecular complexity index is 646. The van der Waals surface area contributed by atoms with Crippen molar-refractivity contribution in [3.05, 3.63) is 36.2 Å². The second-order valence-corrected chi connectivity index (χ2v) is 5.28. The molecular weight excluding hydrogens is 258 g/mol. The van der Waals surface area contributed by atoms with Gasteiger partial charge in [0.05, 0.1) is 22.7 Å². The van der Waals surface area contributed by atoms with E-state index >= 15 is 0 Å². The van der Waals surface area contributed by atoms with Crippen molar-refractivity contribution in [1.29, 1.82) is 0 Å². The smallest absolute Gasteiger partial charge is 0.309 e. The molecular formula is C14H17N3O3. The lowest BCUT2D eigenvalue weighted by atomic mass is 9.90. The number of carboxylic acid groups (broad SMARTS) is 1. The number of carbonyl (C=O) groups is 2. The highest BCUT2D eigenvalue weighted by Crippen LogP contribution is 2.19. The van der Waals surface area contributed by atoms with Crippen LogP contribution >= 0.6 is 0 Å². The Hall–Kier alpha value is -2.37. The van der Waals surface area contributed by atoms with Gasteiger partial charge >= 0.3 is 5.97 Å². The van der Waals surface area contributed by atoms with Gasteiger partial charge < -0.3 is 10.4 Å². The summed E-state index contributed by atoms with van der Waals surface area (Å²) in [5.41, 5.74) is 0.357. The first kappa shape index (κ1) is 14.0. The average molecular weight is 275 g/mol. The normalized spacial score (nSPS) is 11.5. The summed E-state index contributed by atoms with van der Waals surface area (Å²) in [7, 11) is 0. The number of nitrogens with one attached hydrogen (secondary N) is 1. The first-order chi connectivity index (χ1) is 9.42. The van der Waals surface area contributed by atoms with Crippen molar-refractivity contribution in [1.82, 2.24) is 14.9 Å². The highest BCUT2D eigenvalue weighted by molar-refractivity contribution is 6.00. The zero-order valence-electron chi connectivity index (χ0n) is 11.5. The number of aliphatic carboxylic acids is 1. The van der Waals surface area contributed by atoms with Crippen molar-refractivity contribution in [3.63, 3.8) is 0 Å². The number of pyridine rings is 1. The molecule has 20 heavy (non-hydrogen) atoms. The quantitative estimate of drug-likeness (QED) is 0.867. The van der Waals surface area contributed by atoms with Gasteiger partial charge in [-0.05, 0) is 32.4 Å². The fraction of sp³-hybridized carbons (Fsp3) is 0.357. The first-order valence-electron chi connectivity index (χ1n) is 6.36. The number of rotatable bonds is 5. The molecule has 0 aromatic carbocycles. The second-order valence-electron chi connectivity index (χ2n) is 5.28. The van der Waals surface area contributed by atoms with Crippen LogP contribution in [0.1, 0.15) is 30.6 Å². The van der Waals surface area contributed by atoms with Gasteiger partial charge in [0.15, 0.2) is 0 Å². The maximum absolute atomic E-state index is 12.1. The Labute approximate surface area is 116 Å². The number of amides is 1. The number of hydrogen-bond acceptors (Lipinski definition) is 3. The maximum Gasteiger partial charge on any atom is 0.309 e. The third-order valence-electron chi connectivity index (χ3n) is 3.29. The Morgan fingerprint density at radius 1 is 1.40 bits per heavy atom. The van der Waals surface area contributed by atoms with Crippen molar-refractivity contribution >= 4 is 17.4 Å². The van der Waals surface area contributed by atoms with E-state index in [4.69, 9.17) is 5.11 Å². The van der Waals surface area contributed by atoms with Crippen LogP contribution in [0.3, 0.4) is 0 Å². The topological polar surface area (TPSA) is 83.7 Å². The second kappa shape index (κ2) is 5.32. The predicted molar refractivity (Wildman–Crippen MR) is 73.6 cm³/mol. The number of carboxylic acids is 1. The van der Waals surface area contributed by atoms with Gasteiger partial charge in [0.25, 0.3) is 5.91 Å². The van der Waals surface area contributed by atoms with Crippen LogP contribution in [0.5, 0.6) is 0 Å². The van der Waals surface area contributed by atoms with E-state index < -0.39 is 11.4 Å². The molecule has 2 aromatic rings. The summed E-state index contributed by atoms with van der Waals surface area (Å²) in [6, 6.07) is 5.47. The molecule has 6 heteroatoms. The zero-order chi connectivity index (χ0) is 14.8. The Balaban J connectivity index is 2.01. The van der Waals surface area contributed by atoms with E-state index in [1.165, 1.54) is 6.20 Å². The van der Waals surface area contributed by atoms with Crippen LogP contribution in [0.4, 0.5) is 0 Å². The van der Waals surface area contributed by atoms with E-state index in [1.54, 1.807) is 24.6 Å². The molecule has 0 radical (unpaired) electrons. The largest absolute Gasteiger partial charge is 0.481 e. The Morgan fingerprint density at radius 2 is 2.15 bits per heavy atom. The summed E-state index contributed by atoms with van der Waals surface area (Å²) in [6.07, 6.45) is 3.64. The SMILES string of the molecule is CC(C)(CCNC(=O)c1cnn2ccccc12)C(=O)O. The van der Waals surface area contributed by atoms with E-state index in [9.17, 15) is 9.59 Å². The van der Waals surface area contributed by atoms with Crippen LogP contribution in [0.2, 0.25) is 0 Å². The number of fused-ring (bicyclic) bond motifs is 1. The highest BCUT2D eigenvalue weighted by atomic mass is 16.4. The lowest BCUT2D eigenvalue weighted by molar-refractivity contribution is -0.147. The molecule has 0 unspecified atom stereocenters. The van der Waals surface area contributed by atoms with Crippen LogP contribution < -0.4 is 5.32 Å². The van der Waals surface area contributed by atoms with Crippen LogP contribution in [0.15, 0.2) is 30.6 Å². The van der Waals surface area contributed by atoms with Gasteiger partial charge in [-0.2, -0.15) is 5.10 Å². The van der Waals surface area contributed by atoms with E-state index in [0.717, 1.165) is 5.52 Å². The maximum atomic E-state index is 12.1. The van der Waals surface area contributed by atoms with Crippen LogP contribution in [-0.2, 0) is 4.79 Å². The molecule has 0 aliphatic heterocycles. The van der Waals surface area contributed by atoms with E-state index in [-0.39, 0.29) is 5.91 Å². The predicted octanol–water partition coefficient (Wildman–Crippen LogP) is 1.57. The molecule has 2 rings (SSSR count). The molecule has 6 nitrogen and oxygen atoms in total. The summed E-state index contributed by atoms with van der Waals surface area (Å²) in [6.45, 7) is 3.58. The summed E-state index contributed by atoms with van der Waals surface area (Å²) in [5, 5.41) is 15.8. The van der Waals surface area contributed by atoms with Gasteiger partial charge in [-0.25, -0.2) is 4.52 Å². The third-order valence-corrected chi connectivity index (χ3v) is 3.29. The minimum atomic E-state index is -0.872. The van der Waals surface area contributed by atoms with Gasteiger partial charge in [0.1, 0.15) is 0 Å². The highest BCUT2D eigenvalue weighted by Gasteiger charge is 2.26. The third kappa shape index (κ3) is 2.79. The van der Waals surface area contributed by atoms with Gasteiger partial charge in [-0.3, -0.25) is 9.59 Å². The number of hydrogen-bond donors (Lipinski definition) is 2. The van der Waals surface area contributed by atoms with Crippen molar-refractivity contribution in [2.45, 2.75) is 20.3 Å². The number of nitrogens with zero attached hydrogens (tertiary/aromatic N) is 2. The van der Waals surface area contributed by atoms with E-state index in [1.807, 2.05) is 18.2 Å². The van der Waals surface area contributed by atoms with E-state index in [2.05, 4.69) is 10.4 Å². The first-order valence-corrected chi connectivity index (χ1v) is 6.36. The fourth-order valence-electron chi connectivity index (χ4n) is 1.80. The van der Waals surface area contributed by atoms with Crippen molar-refractivity contribution < 1.29 is 14.7 Å². The van der Waals surface area contributed by atoms with E-state index in [0.29, 0.717) is 18.5 Å². The molecule has 2 N–H and O–H groups in total. The minimum absolute atomic E-state index is 0.243. The molecule has 106 valence electrons. The molecule has 0 saturated heterocycles. The van der Waals surface area contributed by atoms with Gasteiger partial charge in [0, 0.05) is 12.7 Å². The molecule has 0 spiro atoms. The van der Waals surface area contributed by atoms with Crippen molar-refractivity contribution in [3.8, 4) is 0 Å².